The summed E-state index contributed by atoms with van der Waals surface area (Å²) in [7, 11) is 0. The summed E-state index contributed by atoms with van der Waals surface area (Å²) in [5, 5.41) is 2.89. The SMILES string of the molecule is O=C(NCCc1ccccn1)c1ccc(I)cc1. The summed E-state index contributed by atoms with van der Waals surface area (Å²) in [6.45, 7) is 0.599. The van der Waals surface area contributed by atoms with Gasteiger partial charge in [-0.25, -0.2) is 0 Å². The Kier molecular flexibility index (Phi) is 4.69. The van der Waals surface area contributed by atoms with E-state index in [1.54, 1.807) is 6.20 Å². The quantitative estimate of drug-likeness (QED) is 0.860. The summed E-state index contributed by atoms with van der Waals surface area (Å²) in [5.74, 6) is -0.0395. The van der Waals surface area contributed by atoms with E-state index in [0.717, 1.165) is 15.7 Å². The number of carbonyl (C=O) groups is 1. The lowest BCUT2D eigenvalue weighted by Gasteiger charge is -2.05. The van der Waals surface area contributed by atoms with Crippen molar-refractivity contribution < 1.29 is 4.79 Å². The average Bonchev–Trinajstić information content (AvgIpc) is 2.40. The van der Waals surface area contributed by atoms with Gasteiger partial charge in [-0.3, -0.25) is 9.78 Å². The number of nitrogens with one attached hydrogen (secondary N) is 1. The molecule has 1 heterocycles. The summed E-state index contributed by atoms with van der Waals surface area (Å²) in [5.41, 5.74) is 1.68. The van der Waals surface area contributed by atoms with E-state index in [4.69, 9.17) is 0 Å². The number of rotatable bonds is 4. The van der Waals surface area contributed by atoms with Gasteiger partial charge in [-0.15, -0.1) is 0 Å². The minimum Gasteiger partial charge on any atom is -0.352 e. The minimum absolute atomic E-state index is 0.0395. The van der Waals surface area contributed by atoms with Crippen molar-refractivity contribution in [3.05, 3.63) is 63.5 Å². The van der Waals surface area contributed by atoms with Gasteiger partial charge < -0.3 is 5.32 Å². The van der Waals surface area contributed by atoms with E-state index in [9.17, 15) is 4.79 Å². The molecule has 3 nitrogen and oxygen atoms in total. The van der Waals surface area contributed by atoms with Crippen LogP contribution in [-0.4, -0.2) is 17.4 Å². The first-order chi connectivity index (χ1) is 8.75. The average molecular weight is 352 g/mol. The molecule has 0 radical (unpaired) electrons. The Bertz CT molecular complexity index is 511. The van der Waals surface area contributed by atoms with Gasteiger partial charge in [0.2, 0.25) is 0 Å². The van der Waals surface area contributed by atoms with Crippen molar-refractivity contribution in [2.75, 3.05) is 6.54 Å². The zero-order valence-corrected chi connectivity index (χ0v) is 11.9. The molecular formula is C14H13IN2O. The van der Waals surface area contributed by atoms with E-state index in [1.165, 1.54) is 0 Å². The number of nitrogens with zero attached hydrogens (tertiary/aromatic N) is 1. The molecule has 0 saturated heterocycles. The maximum Gasteiger partial charge on any atom is 0.251 e. The predicted molar refractivity (Wildman–Crippen MR) is 79.4 cm³/mol. The zero-order chi connectivity index (χ0) is 12.8. The summed E-state index contributed by atoms with van der Waals surface area (Å²) >= 11 is 2.22. The second kappa shape index (κ2) is 6.49. The minimum atomic E-state index is -0.0395. The molecule has 0 aliphatic rings. The van der Waals surface area contributed by atoms with Crippen molar-refractivity contribution in [3.63, 3.8) is 0 Å². The second-order valence-corrected chi connectivity index (χ2v) is 5.08. The van der Waals surface area contributed by atoms with Gasteiger partial charge in [-0.05, 0) is 59.0 Å². The fourth-order valence-electron chi connectivity index (χ4n) is 1.55. The molecule has 2 aromatic rings. The van der Waals surface area contributed by atoms with E-state index in [-0.39, 0.29) is 5.91 Å². The summed E-state index contributed by atoms with van der Waals surface area (Å²) in [6, 6.07) is 13.3. The molecule has 0 aliphatic carbocycles. The molecule has 0 atom stereocenters. The molecule has 1 N–H and O–H groups in total. The fourth-order valence-corrected chi connectivity index (χ4v) is 1.91. The van der Waals surface area contributed by atoms with Crippen molar-refractivity contribution in [3.8, 4) is 0 Å². The third-order valence-corrected chi connectivity index (χ3v) is 3.22. The van der Waals surface area contributed by atoms with Crippen LogP contribution in [0.2, 0.25) is 0 Å². The second-order valence-electron chi connectivity index (χ2n) is 3.83. The van der Waals surface area contributed by atoms with Crippen LogP contribution in [0.25, 0.3) is 0 Å². The predicted octanol–water partition coefficient (Wildman–Crippen LogP) is 2.66. The largest absolute Gasteiger partial charge is 0.352 e. The zero-order valence-electron chi connectivity index (χ0n) is 9.77. The Hall–Kier alpha value is -1.43. The van der Waals surface area contributed by atoms with E-state index >= 15 is 0 Å². The Morgan fingerprint density at radius 1 is 1.17 bits per heavy atom. The van der Waals surface area contributed by atoms with Crippen LogP contribution >= 0.6 is 22.6 Å². The number of aromatic nitrogens is 1. The first-order valence-corrected chi connectivity index (χ1v) is 6.77. The monoisotopic (exact) mass is 352 g/mol. The number of amides is 1. The molecule has 92 valence electrons. The van der Waals surface area contributed by atoms with Crippen LogP contribution in [0, 0.1) is 3.57 Å². The van der Waals surface area contributed by atoms with Crippen molar-refractivity contribution in [1.29, 1.82) is 0 Å². The lowest BCUT2D eigenvalue weighted by Crippen LogP contribution is -2.25. The molecule has 1 aromatic carbocycles. The van der Waals surface area contributed by atoms with Crippen molar-refractivity contribution >= 4 is 28.5 Å². The van der Waals surface area contributed by atoms with Crippen molar-refractivity contribution in [2.45, 2.75) is 6.42 Å². The molecule has 0 aliphatic heterocycles. The molecule has 0 bridgehead atoms. The van der Waals surface area contributed by atoms with Gasteiger partial charge in [0.05, 0.1) is 0 Å². The van der Waals surface area contributed by atoms with E-state index in [2.05, 4.69) is 32.9 Å². The number of carbonyl (C=O) groups excluding carboxylic acids is 1. The third-order valence-electron chi connectivity index (χ3n) is 2.50. The molecule has 0 spiro atoms. The number of benzene rings is 1. The topological polar surface area (TPSA) is 42.0 Å². The van der Waals surface area contributed by atoms with Crippen LogP contribution < -0.4 is 5.32 Å². The number of pyridine rings is 1. The highest BCUT2D eigenvalue weighted by atomic mass is 127. The van der Waals surface area contributed by atoms with Gasteiger partial charge in [0.25, 0.3) is 5.91 Å². The number of hydrogen-bond acceptors (Lipinski definition) is 2. The molecular weight excluding hydrogens is 339 g/mol. The summed E-state index contributed by atoms with van der Waals surface area (Å²) < 4.78 is 1.12. The molecule has 0 fully saturated rings. The van der Waals surface area contributed by atoms with Crippen LogP contribution in [-0.2, 0) is 6.42 Å². The molecule has 1 aromatic heterocycles. The molecule has 0 unspecified atom stereocenters. The summed E-state index contributed by atoms with van der Waals surface area (Å²) in [6.07, 6.45) is 2.51. The third kappa shape index (κ3) is 3.80. The molecule has 0 saturated carbocycles. The molecule has 2 rings (SSSR count). The number of halogens is 1. The Morgan fingerprint density at radius 3 is 2.61 bits per heavy atom. The van der Waals surface area contributed by atoms with E-state index in [0.29, 0.717) is 12.1 Å². The van der Waals surface area contributed by atoms with Gasteiger partial charge in [-0.1, -0.05) is 6.07 Å². The maximum absolute atomic E-state index is 11.8. The molecule has 18 heavy (non-hydrogen) atoms. The number of hydrogen-bond donors (Lipinski definition) is 1. The fraction of sp³-hybridized carbons (Fsp3) is 0.143. The van der Waals surface area contributed by atoms with Gasteiger partial charge >= 0.3 is 0 Å². The van der Waals surface area contributed by atoms with Crippen molar-refractivity contribution in [1.82, 2.24) is 10.3 Å². The highest BCUT2D eigenvalue weighted by molar-refractivity contribution is 14.1. The normalized spacial score (nSPS) is 10.1. The summed E-state index contributed by atoms with van der Waals surface area (Å²) in [4.78, 5) is 16.0. The standard InChI is InChI=1S/C14H13IN2O/c15-12-6-4-11(5-7-12)14(18)17-10-8-13-3-1-2-9-16-13/h1-7,9H,8,10H2,(H,17,18). The highest BCUT2D eigenvalue weighted by Crippen LogP contribution is 2.06. The maximum atomic E-state index is 11.8. The Labute approximate surface area is 120 Å². The van der Waals surface area contributed by atoms with Gasteiger partial charge in [0, 0.05) is 34.0 Å². The van der Waals surface area contributed by atoms with Crippen LogP contribution in [0.5, 0.6) is 0 Å². The van der Waals surface area contributed by atoms with Crippen LogP contribution in [0.3, 0.4) is 0 Å². The van der Waals surface area contributed by atoms with Crippen LogP contribution in [0.4, 0.5) is 0 Å². The highest BCUT2D eigenvalue weighted by Gasteiger charge is 2.04. The van der Waals surface area contributed by atoms with Gasteiger partial charge in [0.1, 0.15) is 0 Å². The van der Waals surface area contributed by atoms with Gasteiger partial charge in [-0.2, -0.15) is 0 Å². The lowest BCUT2D eigenvalue weighted by atomic mass is 10.2. The smallest absolute Gasteiger partial charge is 0.251 e. The van der Waals surface area contributed by atoms with Crippen LogP contribution in [0.15, 0.2) is 48.7 Å². The van der Waals surface area contributed by atoms with Crippen molar-refractivity contribution in [2.24, 2.45) is 0 Å². The van der Waals surface area contributed by atoms with Gasteiger partial charge in [0.15, 0.2) is 0 Å². The molecule has 4 heteroatoms. The van der Waals surface area contributed by atoms with E-state index in [1.807, 2.05) is 42.5 Å². The first kappa shape index (κ1) is 13.0. The first-order valence-electron chi connectivity index (χ1n) is 5.69. The van der Waals surface area contributed by atoms with E-state index < -0.39 is 0 Å². The van der Waals surface area contributed by atoms with Crippen LogP contribution in [0.1, 0.15) is 16.1 Å². The Balaban J connectivity index is 1.84. The Morgan fingerprint density at radius 2 is 1.94 bits per heavy atom. The molecule has 1 amide bonds. The lowest BCUT2D eigenvalue weighted by molar-refractivity contribution is 0.0954.